The average molecular weight is 1030 g/mol. The molecule has 0 spiro atoms. The first-order valence-electron chi connectivity index (χ1n) is 26.6. The number of aliphatic hydroxyl groups excluding tert-OH is 3. The predicted molar refractivity (Wildman–Crippen MR) is 276 cm³/mol. The van der Waals surface area contributed by atoms with Gasteiger partial charge in [-0.15, -0.1) is 0 Å². The number of hydrogen-bond donors (Lipinski definition) is 7. The van der Waals surface area contributed by atoms with Gasteiger partial charge in [0.25, 0.3) is 0 Å². The van der Waals surface area contributed by atoms with Gasteiger partial charge in [0.2, 0.25) is 0 Å². The second-order valence-electron chi connectivity index (χ2n) is 22.8. The molecule has 0 amide bonds. The number of rotatable bonds is 16. The topological polar surface area (TPSA) is 246 Å². The Labute approximate surface area is 435 Å². The van der Waals surface area contributed by atoms with Gasteiger partial charge in [-0.05, 0) is 119 Å². The normalized spacial score (nSPS) is 38.4. The molecular formula is C55H94N5O13+. The van der Waals surface area contributed by atoms with E-state index in [0.29, 0.717) is 32.4 Å². The summed E-state index contributed by atoms with van der Waals surface area (Å²) in [7, 11) is 5.47. The molecule has 18 nitrogen and oxygen atoms in total. The van der Waals surface area contributed by atoms with Crippen LogP contribution in [-0.2, 0) is 39.6 Å². The zero-order valence-corrected chi connectivity index (χ0v) is 46.7. The number of esters is 1. The van der Waals surface area contributed by atoms with Gasteiger partial charge in [0.15, 0.2) is 12.6 Å². The van der Waals surface area contributed by atoms with Crippen LogP contribution in [0, 0.1) is 31.6 Å². The molecule has 1 aromatic heterocycles. The Morgan fingerprint density at radius 1 is 1.00 bits per heavy atom. The highest BCUT2D eigenvalue weighted by Gasteiger charge is 2.52. The van der Waals surface area contributed by atoms with Crippen LogP contribution < -0.4 is 11.1 Å². The van der Waals surface area contributed by atoms with Gasteiger partial charge in [0, 0.05) is 63.0 Å². The van der Waals surface area contributed by atoms with E-state index >= 15 is 0 Å². The molecule has 5 rings (SSSR count). The number of hydrogen-bond acceptors (Lipinski definition) is 17. The molecule has 1 unspecified atom stereocenters. The van der Waals surface area contributed by atoms with Gasteiger partial charge in [0.05, 0.1) is 66.1 Å². The number of quaternary nitrogens is 1. The van der Waals surface area contributed by atoms with Crippen molar-refractivity contribution in [1.29, 1.82) is 0 Å². The van der Waals surface area contributed by atoms with Crippen LogP contribution in [0.1, 0.15) is 125 Å². The van der Waals surface area contributed by atoms with E-state index in [-0.39, 0.29) is 50.0 Å². The monoisotopic (exact) mass is 1030 g/mol. The van der Waals surface area contributed by atoms with E-state index in [9.17, 15) is 30.3 Å². The Balaban J connectivity index is 1.36. The Hall–Kier alpha value is -3.08. The quantitative estimate of drug-likeness (QED) is 0.116. The Morgan fingerprint density at radius 2 is 1.67 bits per heavy atom. The SMILES string of the molecule is CC[C@H]1OC(=O)[C@H](C)[C@@H](O[C@H]2C[C@@](C)(OC)[C@@H](O)[C@H](C)O2)[C@H](C)[C@@H](O[C@H]2C[C@@H](N(C)CC/C([NH3+])=C/N[C@H](CO)Cc3ccc(-c4c(C)noc4C)cc3)C[C@@H](C)O2)[C@](C)(O)C[C@@H](C)CN(C)[C@H](C)C(O)[C@]1(C)O. The lowest BCUT2D eigenvalue weighted by atomic mass is 9.77. The van der Waals surface area contributed by atoms with Crippen LogP contribution in [0.2, 0.25) is 0 Å². The number of carbonyl (C=O) groups is 1. The first-order valence-corrected chi connectivity index (χ1v) is 26.6. The number of nitrogens with zero attached hydrogens (tertiary/aromatic N) is 3. The number of aliphatic hydroxyl groups is 5. The van der Waals surface area contributed by atoms with Crippen molar-refractivity contribution in [1.82, 2.24) is 20.3 Å². The van der Waals surface area contributed by atoms with E-state index in [4.69, 9.17) is 32.9 Å². The lowest BCUT2D eigenvalue weighted by Crippen LogP contribution is -2.59. The molecule has 3 aliphatic heterocycles. The van der Waals surface area contributed by atoms with Crippen molar-refractivity contribution < 1.29 is 69.0 Å². The van der Waals surface area contributed by atoms with Gasteiger partial charge in [0.1, 0.15) is 35.4 Å². The molecule has 3 aliphatic rings. The molecule has 18 heteroatoms. The van der Waals surface area contributed by atoms with Gasteiger partial charge >= 0.3 is 5.97 Å². The fourth-order valence-electron chi connectivity index (χ4n) is 11.6. The van der Waals surface area contributed by atoms with Gasteiger partial charge in [-0.25, -0.2) is 0 Å². The number of methoxy groups -OCH3 is 1. The van der Waals surface area contributed by atoms with Crippen LogP contribution in [0.3, 0.4) is 0 Å². The molecule has 73 heavy (non-hydrogen) atoms. The number of carbonyl (C=O) groups excluding carboxylic acids is 1. The zero-order valence-electron chi connectivity index (χ0n) is 46.7. The van der Waals surface area contributed by atoms with Crippen molar-refractivity contribution in [3.8, 4) is 11.1 Å². The Morgan fingerprint density at radius 3 is 2.27 bits per heavy atom. The van der Waals surface area contributed by atoms with Crippen molar-refractivity contribution in [2.75, 3.05) is 40.9 Å². The maximum absolute atomic E-state index is 14.5. The van der Waals surface area contributed by atoms with Gasteiger partial charge in [-0.1, -0.05) is 50.2 Å². The molecule has 0 radical (unpaired) electrons. The van der Waals surface area contributed by atoms with Crippen molar-refractivity contribution in [3.63, 3.8) is 0 Å². The van der Waals surface area contributed by atoms with Gasteiger partial charge in [-0.2, -0.15) is 0 Å². The summed E-state index contributed by atoms with van der Waals surface area (Å²) >= 11 is 0. The minimum Gasteiger partial charge on any atom is -0.459 e. The van der Waals surface area contributed by atoms with E-state index < -0.39 is 89.9 Å². The van der Waals surface area contributed by atoms with E-state index in [0.717, 1.165) is 40.3 Å². The Kier molecular flexibility index (Phi) is 21.5. The summed E-state index contributed by atoms with van der Waals surface area (Å²) in [4.78, 5) is 18.7. The second-order valence-corrected chi connectivity index (χ2v) is 22.8. The molecular weight excluding hydrogens is 939 g/mol. The Bertz CT molecular complexity index is 2050. The number of ether oxygens (including phenoxy) is 6. The molecule has 2 aromatic rings. The lowest BCUT2D eigenvalue weighted by Gasteiger charge is -2.48. The van der Waals surface area contributed by atoms with Crippen LogP contribution in [0.4, 0.5) is 0 Å². The zero-order chi connectivity index (χ0) is 54.3. The largest absolute Gasteiger partial charge is 0.459 e. The van der Waals surface area contributed by atoms with Crippen LogP contribution in [0.15, 0.2) is 40.7 Å². The standard InChI is InChI=1S/C55H93N5O13/c1-16-44-55(12,66)49(62)36(7)60(14)29-31(2)26-53(10,65)51(33(4)48(34(5)52(64)70-44)71-46-27-54(11,67-15)50(63)38(9)69-46)72-45-25-43(23-32(3)68-45)59(13)22-21-41(56)28-57-42(30-61)24-39-17-19-40(20-18-39)47-35(6)58-73-37(47)8/h17-20,28,31-34,36,38,42-46,48-51,57,61-63,65-66H,16,21-27,29-30,56H2,1-15H3/p+1/b41-28-/t31-,32-,33+,34-,36-,38+,42+,43+,44-,45+,46+,48+,49?,50+,51-,53-,54-,55-/m1/s1. The average Bonchev–Trinajstić information content (AvgIpc) is 3.68. The summed E-state index contributed by atoms with van der Waals surface area (Å²) in [6.45, 7) is 23.0. The van der Waals surface area contributed by atoms with Crippen molar-refractivity contribution >= 4 is 5.97 Å². The summed E-state index contributed by atoms with van der Waals surface area (Å²) in [6, 6.07) is 7.54. The summed E-state index contributed by atoms with van der Waals surface area (Å²) in [5.41, 5.74) is 4.84. The van der Waals surface area contributed by atoms with Crippen molar-refractivity contribution in [3.05, 3.63) is 53.2 Å². The van der Waals surface area contributed by atoms with Gasteiger partial charge < -0.3 is 79.3 Å². The predicted octanol–water partition coefficient (Wildman–Crippen LogP) is 4.24. The number of nitrogens with one attached hydrogen (secondary N) is 1. The van der Waals surface area contributed by atoms with Crippen molar-refractivity contribution in [2.24, 2.45) is 17.8 Å². The molecule has 1 aromatic carbocycles. The highest BCUT2D eigenvalue weighted by atomic mass is 16.7. The highest BCUT2D eigenvalue weighted by Crippen LogP contribution is 2.40. The minimum atomic E-state index is -1.81. The van der Waals surface area contributed by atoms with E-state index in [1.54, 1.807) is 34.6 Å². The fourth-order valence-corrected chi connectivity index (χ4v) is 11.6. The minimum absolute atomic E-state index is 0.0473. The molecule has 416 valence electrons. The van der Waals surface area contributed by atoms with E-state index in [1.807, 2.05) is 59.7 Å². The van der Waals surface area contributed by atoms with Crippen LogP contribution in [-0.4, -0.2) is 178 Å². The van der Waals surface area contributed by atoms with Crippen LogP contribution in [0.25, 0.3) is 11.1 Å². The van der Waals surface area contributed by atoms with E-state index in [2.05, 4.69) is 52.4 Å². The first kappa shape index (κ1) is 60.8. The van der Waals surface area contributed by atoms with E-state index in [1.165, 1.54) is 14.0 Å². The lowest BCUT2D eigenvalue weighted by molar-refractivity contribution is -0.309. The second kappa shape index (κ2) is 25.8. The van der Waals surface area contributed by atoms with Gasteiger partial charge in [-0.3, -0.25) is 4.79 Å². The maximum atomic E-state index is 14.5. The third-order valence-corrected chi connectivity index (χ3v) is 16.3. The number of aryl methyl sites for hydroxylation is 2. The molecule has 9 N–H and O–H groups in total. The first-order chi connectivity index (χ1) is 34.2. The summed E-state index contributed by atoms with van der Waals surface area (Å²) < 4.78 is 44.1. The van der Waals surface area contributed by atoms with Crippen LogP contribution >= 0.6 is 0 Å². The molecule has 0 aliphatic carbocycles. The number of likely N-dealkylation sites (N-methyl/N-ethyl adjacent to an activating group) is 1. The molecule has 18 atom stereocenters. The maximum Gasteiger partial charge on any atom is 0.311 e. The summed E-state index contributed by atoms with van der Waals surface area (Å²) in [5.74, 6) is -1.71. The smallest absolute Gasteiger partial charge is 0.311 e. The number of benzene rings is 1. The molecule has 3 saturated heterocycles. The molecule has 0 saturated carbocycles. The van der Waals surface area contributed by atoms with Crippen molar-refractivity contribution in [2.45, 2.75) is 218 Å². The molecule has 4 heterocycles. The highest BCUT2D eigenvalue weighted by molar-refractivity contribution is 5.73. The molecule has 3 fully saturated rings. The third-order valence-electron chi connectivity index (χ3n) is 16.3. The molecule has 0 bridgehead atoms. The fraction of sp³-hybridized carbons (Fsp3) is 0.782. The summed E-state index contributed by atoms with van der Waals surface area (Å²) in [6.07, 6.45) is -2.74. The third kappa shape index (κ3) is 15.1. The van der Waals surface area contributed by atoms with Crippen LogP contribution in [0.5, 0.6) is 0 Å². The number of cyclic esters (lactones) is 1. The summed E-state index contributed by atoms with van der Waals surface area (Å²) in [5, 5.41) is 65.2. The number of aromatic nitrogens is 1.